The maximum Gasteiger partial charge on any atom is 0.269 e. The van der Waals surface area contributed by atoms with Gasteiger partial charge in [0, 0.05) is 29.1 Å². The largest absolute Gasteiger partial charge is 0.484 e. The van der Waals surface area contributed by atoms with Crippen LogP contribution in [0, 0.1) is 15.9 Å². The van der Waals surface area contributed by atoms with Crippen LogP contribution in [0.15, 0.2) is 72.8 Å². The minimum absolute atomic E-state index is 0.0832. The smallest absolute Gasteiger partial charge is 0.269 e. The minimum atomic E-state index is -0.534. The number of benzene rings is 3. The van der Waals surface area contributed by atoms with Crippen molar-refractivity contribution >= 4 is 28.9 Å². The van der Waals surface area contributed by atoms with Crippen molar-refractivity contribution in [3.8, 4) is 5.75 Å². The lowest BCUT2D eigenvalue weighted by molar-refractivity contribution is -0.384. The third kappa shape index (κ3) is 5.61. The highest BCUT2D eigenvalue weighted by Gasteiger charge is 2.10. The number of ether oxygens (including phenoxy) is 1. The number of carbonyl (C=O) groups excluding carboxylic acids is 2. The number of hydrogen-bond acceptors (Lipinski definition) is 5. The second-order valence-electron chi connectivity index (χ2n) is 6.13. The number of nitrogens with one attached hydrogen (secondary N) is 2. The van der Waals surface area contributed by atoms with Gasteiger partial charge in [0.15, 0.2) is 6.61 Å². The summed E-state index contributed by atoms with van der Waals surface area (Å²) >= 11 is 0. The summed E-state index contributed by atoms with van der Waals surface area (Å²) in [7, 11) is 0. The normalized spacial score (nSPS) is 10.2. The van der Waals surface area contributed by atoms with E-state index in [2.05, 4.69) is 10.6 Å². The van der Waals surface area contributed by atoms with E-state index in [-0.39, 0.29) is 17.9 Å². The molecule has 3 aromatic rings. The topological polar surface area (TPSA) is 111 Å². The van der Waals surface area contributed by atoms with Crippen LogP contribution in [0.5, 0.6) is 5.75 Å². The Morgan fingerprint density at radius 1 is 0.933 bits per heavy atom. The summed E-state index contributed by atoms with van der Waals surface area (Å²) in [6.45, 7) is -0.322. The molecule has 0 aromatic heterocycles. The second kappa shape index (κ2) is 9.28. The molecule has 0 unspecified atom stereocenters. The third-order valence-electron chi connectivity index (χ3n) is 3.91. The monoisotopic (exact) mass is 409 g/mol. The predicted octanol–water partition coefficient (Wildman–Crippen LogP) is 4.00. The Labute approximate surface area is 170 Å². The molecule has 8 nitrogen and oxygen atoms in total. The molecule has 0 heterocycles. The van der Waals surface area contributed by atoms with Gasteiger partial charge in [-0.25, -0.2) is 4.39 Å². The Balaban J connectivity index is 1.56. The molecule has 0 saturated heterocycles. The van der Waals surface area contributed by atoms with Crippen LogP contribution in [0.1, 0.15) is 10.4 Å². The Kier molecular flexibility index (Phi) is 6.33. The molecule has 0 bridgehead atoms. The molecule has 0 fully saturated rings. The standard InChI is InChI=1S/C21H16FN3O5/c22-15-4-2-6-17(12-15)24-21(27)14-3-1-5-16(11-14)23-20(26)13-30-19-9-7-18(8-10-19)25(28)29/h1-12H,13H2,(H,23,26)(H,24,27). The van der Waals surface area contributed by atoms with Gasteiger partial charge in [-0.05, 0) is 48.5 Å². The maximum absolute atomic E-state index is 13.2. The van der Waals surface area contributed by atoms with Gasteiger partial charge in [-0.15, -0.1) is 0 Å². The molecule has 0 spiro atoms. The SMILES string of the molecule is O=C(COc1ccc([N+](=O)[O-])cc1)Nc1cccc(C(=O)Nc2cccc(F)c2)c1. The van der Waals surface area contributed by atoms with Crippen molar-refractivity contribution in [3.05, 3.63) is 94.3 Å². The lowest BCUT2D eigenvalue weighted by Gasteiger charge is -2.09. The molecular weight excluding hydrogens is 393 g/mol. The maximum atomic E-state index is 13.2. The molecule has 152 valence electrons. The number of nitro benzene ring substituents is 1. The van der Waals surface area contributed by atoms with Gasteiger partial charge >= 0.3 is 0 Å². The molecule has 3 rings (SSSR count). The lowest BCUT2D eigenvalue weighted by atomic mass is 10.2. The highest BCUT2D eigenvalue weighted by atomic mass is 19.1. The van der Waals surface area contributed by atoms with Crippen LogP contribution in [0.3, 0.4) is 0 Å². The lowest BCUT2D eigenvalue weighted by Crippen LogP contribution is -2.20. The van der Waals surface area contributed by atoms with E-state index in [1.807, 2.05) is 0 Å². The quantitative estimate of drug-likeness (QED) is 0.453. The van der Waals surface area contributed by atoms with Crippen molar-refractivity contribution in [1.82, 2.24) is 0 Å². The zero-order valence-electron chi connectivity index (χ0n) is 15.5. The number of rotatable bonds is 7. The van der Waals surface area contributed by atoms with E-state index in [1.54, 1.807) is 24.3 Å². The molecule has 30 heavy (non-hydrogen) atoms. The van der Waals surface area contributed by atoms with Gasteiger partial charge in [-0.1, -0.05) is 12.1 Å². The summed E-state index contributed by atoms with van der Waals surface area (Å²) in [4.78, 5) is 34.5. The molecule has 9 heteroatoms. The minimum Gasteiger partial charge on any atom is -0.484 e. The van der Waals surface area contributed by atoms with E-state index in [0.29, 0.717) is 17.1 Å². The average molecular weight is 409 g/mol. The van der Waals surface area contributed by atoms with E-state index in [1.165, 1.54) is 48.5 Å². The Morgan fingerprint density at radius 3 is 2.27 bits per heavy atom. The number of carbonyl (C=O) groups is 2. The zero-order chi connectivity index (χ0) is 21.5. The molecule has 2 N–H and O–H groups in total. The van der Waals surface area contributed by atoms with Crippen LogP contribution in [-0.4, -0.2) is 23.3 Å². The molecule has 2 amide bonds. The van der Waals surface area contributed by atoms with E-state index >= 15 is 0 Å². The van der Waals surface area contributed by atoms with Crippen LogP contribution in [0.25, 0.3) is 0 Å². The van der Waals surface area contributed by atoms with Gasteiger partial charge in [0.2, 0.25) is 0 Å². The summed E-state index contributed by atoms with van der Waals surface area (Å²) in [5.41, 5.74) is 0.874. The van der Waals surface area contributed by atoms with Crippen molar-refractivity contribution in [3.63, 3.8) is 0 Å². The van der Waals surface area contributed by atoms with Gasteiger partial charge in [0.1, 0.15) is 11.6 Å². The number of hydrogen-bond donors (Lipinski definition) is 2. The third-order valence-corrected chi connectivity index (χ3v) is 3.91. The molecule has 0 atom stereocenters. The van der Waals surface area contributed by atoms with Crippen LogP contribution in [0.2, 0.25) is 0 Å². The number of amides is 2. The number of nitro groups is 1. The van der Waals surface area contributed by atoms with Crippen molar-refractivity contribution in [2.45, 2.75) is 0 Å². The fraction of sp³-hybridized carbons (Fsp3) is 0.0476. The molecule has 0 aliphatic carbocycles. The van der Waals surface area contributed by atoms with E-state index in [4.69, 9.17) is 4.74 Å². The number of anilines is 2. The molecular formula is C21H16FN3O5. The summed E-state index contributed by atoms with van der Waals surface area (Å²) in [6.07, 6.45) is 0. The van der Waals surface area contributed by atoms with Crippen molar-refractivity contribution in [2.24, 2.45) is 0 Å². The first-order valence-corrected chi connectivity index (χ1v) is 8.75. The molecule has 0 saturated carbocycles. The number of non-ortho nitro benzene ring substituents is 1. The van der Waals surface area contributed by atoms with Crippen molar-refractivity contribution < 1.29 is 23.6 Å². The van der Waals surface area contributed by atoms with Gasteiger partial charge < -0.3 is 15.4 Å². The fourth-order valence-corrected chi connectivity index (χ4v) is 2.52. The second-order valence-corrected chi connectivity index (χ2v) is 6.13. The average Bonchev–Trinajstić information content (AvgIpc) is 2.73. The summed E-state index contributed by atoms with van der Waals surface area (Å²) in [6, 6.07) is 17.0. The first-order chi connectivity index (χ1) is 14.4. The van der Waals surface area contributed by atoms with Gasteiger partial charge in [-0.2, -0.15) is 0 Å². The van der Waals surface area contributed by atoms with E-state index in [9.17, 15) is 24.1 Å². The van der Waals surface area contributed by atoms with Crippen LogP contribution in [0.4, 0.5) is 21.5 Å². The molecule has 0 aliphatic rings. The van der Waals surface area contributed by atoms with Crippen LogP contribution >= 0.6 is 0 Å². The molecule has 3 aromatic carbocycles. The highest BCUT2D eigenvalue weighted by molar-refractivity contribution is 6.05. The Hall–Kier alpha value is -4.27. The van der Waals surface area contributed by atoms with E-state index in [0.717, 1.165) is 0 Å². The van der Waals surface area contributed by atoms with Crippen molar-refractivity contribution in [2.75, 3.05) is 17.2 Å². The fourth-order valence-electron chi connectivity index (χ4n) is 2.52. The molecule has 0 radical (unpaired) electrons. The first kappa shape index (κ1) is 20.5. The summed E-state index contributed by atoms with van der Waals surface area (Å²) in [5.74, 6) is -1.10. The summed E-state index contributed by atoms with van der Waals surface area (Å²) < 4.78 is 18.5. The van der Waals surface area contributed by atoms with Crippen molar-refractivity contribution in [1.29, 1.82) is 0 Å². The predicted molar refractivity (Wildman–Crippen MR) is 108 cm³/mol. The summed E-state index contributed by atoms with van der Waals surface area (Å²) in [5, 5.41) is 15.8. The molecule has 0 aliphatic heterocycles. The highest BCUT2D eigenvalue weighted by Crippen LogP contribution is 2.18. The number of halogens is 1. The Bertz CT molecular complexity index is 1090. The van der Waals surface area contributed by atoms with Gasteiger partial charge in [-0.3, -0.25) is 19.7 Å². The van der Waals surface area contributed by atoms with Gasteiger partial charge in [0.05, 0.1) is 4.92 Å². The first-order valence-electron chi connectivity index (χ1n) is 8.75. The van der Waals surface area contributed by atoms with E-state index < -0.39 is 22.6 Å². The number of nitrogens with zero attached hydrogens (tertiary/aromatic N) is 1. The van der Waals surface area contributed by atoms with Crippen LogP contribution in [-0.2, 0) is 4.79 Å². The zero-order valence-corrected chi connectivity index (χ0v) is 15.5. The Morgan fingerprint density at radius 2 is 1.60 bits per heavy atom. The van der Waals surface area contributed by atoms with Gasteiger partial charge in [0.25, 0.3) is 17.5 Å². The van der Waals surface area contributed by atoms with Crippen LogP contribution < -0.4 is 15.4 Å².